The number of para-hydroxylation sites is 1. The van der Waals surface area contributed by atoms with Crippen LogP contribution in [0.1, 0.15) is 0 Å². The first-order valence-electron chi connectivity index (χ1n) is 5.72. The number of fused-ring (bicyclic) bond motifs is 3. The molecule has 1 N–H and O–H groups in total. The van der Waals surface area contributed by atoms with Crippen LogP contribution in [0.4, 0.5) is 5.82 Å². The molecule has 6 nitrogen and oxygen atoms in total. The number of thiol groups is 1. The van der Waals surface area contributed by atoms with E-state index in [4.69, 9.17) is 4.94 Å². The molecule has 0 spiro atoms. The quantitative estimate of drug-likeness (QED) is 0.566. The van der Waals surface area contributed by atoms with Crippen molar-refractivity contribution < 1.29 is 4.94 Å². The van der Waals surface area contributed by atoms with Gasteiger partial charge in [-0.05, 0) is 6.07 Å². The van der Waals surface area contributed by atoms with Gasteiger partial charge in [-0.1, -0.05) is 31.0 Å². The first-order valence-corrected chi connectivity index (χ1v) is 6.12. The summed E-state index contributed by atoms with van der Waals surface area (Å²) in [7, 11) is 3.56. The maximum Gasteiger partial charge on any atom is 0.180 e. The average Bonchev–Trinajstić information content (AvgIpc) is 2.79. The summed E-state index contributed by atoms with van der Waals surface area (Å²) in [5, 5.41) is 2.54. The van der Waals surface area contributed by atoms with Gasteiger partial charge in [-0.25, -0.2) is 15.4 Å². The smallest absolute Gasteiger partial charge is 0.180 e. The van der Waals surface area contributed by atoms with Crippen molar-refractivity contribution in [1.82, 2.24) is 19.0 Å². The Balaban J connectivity index is 2.25. The number of imidazole rings is 1. The minimum absolute atomic E-state index is 0.565. The number of pyridine rings is 1. The number of hydroxylamine groups is 2. The standard InChI is InChI=1S/C12H13N5OS/c1-16(2)18-15-12-10-11(17(19)7-13-10)8-5-3-4-6-9(8)14-12/h3-7,19H,1-2H3,(H,14,15). The molecule has 0 unspecified atom stereocenters. The number of anilines is 1. The lowest BCUT2D eigenvalue weighted by Crippen LogP contribution is -2.17. The van der Waals surface area contributed by atoms with Gasteiger partial charge in [0.25, 0.3) is 0 Å². The zero-order chi connectivity index (χ0) is 13.4. The lowest BCUT2D eigenvalue weighted by atomic mass is 10.2. The Morgan fingerprint density at radius 1 is 1.32 bits per heavy atom. The van der Waals surface area contributed by atoms with Crippen LogP contribution in [0.3, 0.4) is 0 Å². The van der Waals surface area contributed by atoms with E-state index in [0.717, 1.165) is 21.9 Å². The molecule has 1 aromatic carbocycles. The zero-order valence-electron chi connectivity index (χ0n) is 10.5. The fourth-order valence-electron chi connectivity index (χ4n) is 1.91. The molecule has 0 saturated heterocycles. The van der Waals surface area contributed by atoms with Gasteiger partial charge in [0, 0.05) is 19.5 Å². The topological polar surface area (TPSA) is 55.2 Å². The monoisotopic (exact) mass is 275 g/mol. The predicted octanol–water partition coefficient (Wildman–Crippen LogP) is 2.10. The lowest BCUT2D eigenvalue weighted by Gasteiger charge is -2.12. The molecule has 0 atom stereocenters. The van der Waals surface area contributed by atoms with Crippen molar-refractivity contribution in [2.75, 3.05) is 19.6 Å². The fraction of sp³-hybridized carbons (Fsp3) is 0.167. The van der Waals surface area contributed by atoms with Crippen LogP contribution in [0.2, 0.25) is 0 Å². The van der Waals surface area contributed by atoms with E-state index in [1.54, 1.807) is 29.5 Å². The van der Waals surface area contributed by atoms with E-state index in [1.807, 2.05) is 24.3 Å². The van der Waals surface area contributed by atoms with Gasteiger partial charge in [0.2, 0.25) is 0 Å². The highest BCUT2D eigenvalue weighted by atomic mass is 32.1. The average molecular weight is 275 g/mol. The van der Waals surface area contributed by atoms with Gasteiger partial charge in [0.1, 0.15) is 11.8 Å². The summed E-state index contributed by atoms with van der Waals surface area (Å²) < 4.78 is 1.68. The second-order valence-corrected chi connectivity index (χ2v) is 4.70. The fourth-order valence-corrected chi connectivity index (χ4v) is 2.17. The van der Waals surface area contributed by atoms with E-state index in [1.165, 1.54) is 0 Å². The minimum atomic E-state index is 0.565. The molecule has 2 heterocycles. The molecule has 0 bridgehead atoms. The van der Waals surface area contributed by atoms with Crippen molar-refractivity contribution in [3.8, 4) is 0 Å². The maximum absolute atomic E-state index is 5.24. The number of nitrogens with zero attached hydrogens (tertiary/aromatic N) is 4. The predicted molar refractivity (Wildman–Crippen MR) is 77.8 cm³/mol. The summed E-state index contributed by atoms with van der Waals surface area (Å²) in [6, 6.07) is 7.84. The molecule has 3 aromatic rings. The molecule has 2 aromatic heterocycles. The summed E-state index contributed by atoms with van der Waals surface area (Å²) in [4.78, 5) is 14.1. The number of aromatic nitrogens is 3. The van der Waals surface area contributed by atoms with Crippen molar-refractivity contribution >= 4 is 40.6 Å². The molecule has 0 saturated carbocycles. The van der Waals surface area contributed by atoms with Gasteiger partial charge in [-0.2, -0.15) is 10.0 Å². The highest BCUT2D eigenvalue weighted by molar-refractivity contribution is 7.78. The molecule has 0 aliphatic carbocycles. The van der Waals surface area contributed by atoms with Gasteiger partial charge < -0.3 is 0 Å². The second-order valence-electron chi connectivity index (χ2n) is 4.27. The first kappa shape index (κ1) is 12.2. The van der Waals surface area contributed by atoms with Gasteiger partial charge >= 0.3 is 0 Å². The molecular formula is C12H13N5OS. The van der Waals surface area contributed by atoms with Crippen molar-refractivity contribution in [3.05, 3.63) is 30.6 Å². The number of hydrogen-bond acceptors (Lipinski definition) is 6. The highest BCUT2D eigenvalue weighted by Crippen LogP contribution is 2.28. The molecule has 7 heteroatoms. The van der Waals surface area contributed by atoms with E-state index in [2.05, 4.69) is 28.3 Å². The van der Waals surface area contributed by atoms with E-state index in [-0.39, 0.29) is 0 Å². The number of benzene rings is 1. The molecule has 98 valence electrons. The third-order valence-corrected chi connectivity index (χ3v) is 2.99. The molecule has 3 rings (SSSR count). The van der Waals surface area contributed by atoms with Crippen LogP contribution in [0.25, 0.3) is 21.9 Å². The van der Waals surface area contributed by atoms with Gasteiger partial charge in [-0.3, -0.25) is 3.97 Å². The summed E-state index contributed by atoms with van der Waals surface area (Å²) in [6.45, 7) is 0. The third kappa shape index (κ3) is 2.12. The summed E-state index contributed by atoms with van der Waals surface area (Å²) in [6.07, 6.45) is 1.64. The Hall–Kier alpha value is -1.83. The summed E-state index contributed by atoms with van der Waals surface area (Å²) in [5.41, 5.74) is 5.27. The number of rotatable bonds is 3. The molecular weight excluding hydrogens is 262 g/mol. The van der Waals surface area contributed by atoms with Crippen molar-refractivity contribution in [1.29, 1.82) is 0 Å². The molecule has 19 heavy (non-hydrogen) atoms. The van der Waals surface area contributed by atoms with Crippen LogP contribution in [0.15, 0.2) is 30.6 Å². The normalized spacial score (nSPS) is 11.6. The number of nitrogens with one attached hydrogen (secondary N) is 1. The van der Waals surface area contributed by atoms with Crippen LogP contribution < -0.4 is 5.48 Å². The Bertz CT molecular complexity index is 739. The summed E-state index contributed by atoms with van der Waals surface area (Å²) in [5.74, 6) is 0.565. The van der Waals surface area contributed by atoms with Crippen LogP contribution >= 0.6 is 12.8 Å². The Morgan fingerprint density at radius 2 is 2.11 bits per heavy atom. The Labute approximate surface area is 115 Å². The van der Waals surface area contributed by atoms with Crippen LogP contribution in [0, 0.1) is 0 Å². The molecule has 0 fully saturated rings. The molecule has 0 amide bonds. The Kier molecular flexibility index (Phi) is 3.02. The highest BCUT2D eigenvalue weighted by Gasteiger charge is 2.13. The van der Waals surface area contributed by atoms with Crippen LogP contribution in [0.5, 0.6) is 0 Å². The molecule has 0 aliphatic rings. The lowest BCUT2D eigenvalue weighted by molar-refractivity contribution is -0.0871. The molecule has 0 aliphatic heterocycles. The zero-order valence-corrected chi connectivity index (χ0v) is 11.4. The minimum Gasteiger partial charge on any atom is -0.274 e. The van der Waals surface area contributed by atoms with Crippen molar-refractivity contribution in [2.24, 2.45) is 0 Å². The van der Waals surface area contributed by atoms with E-state index < -0.39 is 0 Å². The van der Waals surface area contributed by atoms with Gasteiger partial charge in [-0.15, -0.1) is 0 Å². The molecule has 0 radical (unpaired) electrons. The van der Waals surface area contributed by atoms with Crippen LogP contribution in [-0.2, 0) is 4.94 Å². The van der Waals surface area contributed by atoms with Gasteiger partial charge in [0.05, 0.1) is 11.0 Å². The van der Waals surface area contributed by atoms with Crippen LogP contribution in [-0.4, -0.2) is 33.1 Å². The SMILES string of the molecule is CN(C)ONc1nc2ccccc2c2c1ncn2S. The van der Waals surface area contributed by atoms with Crippen molar-refractivity contribution in [2.45, 2.75) is 0 Å². The number of hydrogen-bond donors (Lipinski definition) is 2. The van der Waals surface area contributed by atoms with Crippen molar-refractivity contribution in [3.63, 3.8) is 0 Å². The van der Waals surface area contributed by atoms with E-state index in [9.17, 15) is 0 Å². The maximum atomic E-state index is 5.24. The second kappa shape index (κ2) is 4.69. The largest absolute Gasteiger partial charge is 0.274 e. The van der Waals surface area contributed by atoms with Gasteiger partial charge in [0.15, 0.2) is 5.82 Å². The Morgan fingerprint density at radius 3 is 2.89 bits per heavy atom. The summed E-state index contributed by atoms with van der Waals surface area (Å²) >= 11 is 4.38. The van der Waals surface area contributed by atoms with E-state index >= 15 is 0 Å². The third-order valence-electron chi connectivity index (χ3n) is 2.69. The van der Waals surface area contributed by atoms with E-state index in [0.29, 0.717) is 5.82 Å². The first-order chi connectivity index (χ1) is 9.16.